The molecule has 0 aliphatic rings. The van der Waals surface area contributed by atoms with Gasteiger partial charge in [-0.05, 0) is 38.1 Å². The zero-order chi connectivity index (χ0) is 20.0. The quantitative estimate of drug-likeness (QED) is 0.544. The van der Waals surface area contributed by atoms with E-state index in [1.165, 1.54) is 4.57 Å². The largest absolute Gasteiger partial charge is 0.497 e. The van der Waals surface area contributed by atoms with Crippen LogP contribution >= 0.6 is 0 Å². The van der Waals surface area contributed by atoms with Crippen LogP contribution in [-0.2, 0) is 13.6 Å². The fraction of sp³-hybridized carbons (Fsp3) is 0.316. The number of aryl methyl sites for hydroxylation is 2. The molecule has 0 radical (unpaired) electrons. The molecule has 0 fully saturated rings. The number of hydrogen-bond donors (Lipinski definition) is 2. The zero-order valence-corrected chi connectivity index (χ0v) is 16.2. The molecule has 0 saturated heterocycles. The maximum Gasteiger partial charge on any atom is 0.329 e. The maximum absolute atomic E-state index is 12.4. The summed E-state index contributed by atoms with van der Waals surface area (Å²) < 4.78 is 10.4. The zero-order valence-electron chi connectivity index (χ0n) is 16.2. The third-order valence-electron chi connectivity index (χ3n) is 5.16. The van der Waals surface area contributed by atoms with E-state index in [4.69, 9.17) is 4.74 Å². The second kappa shape index (κ2) is 6.59. The number of rotatable bonds is 5. The molecule has 4 aromatic rings. The Kier molecular flexibility index (Phi) is 4.21. The molecule has 1 aromatic carbocycles. The summed E-state index contributed by atoms with van der Waals surface area (Å²) in [6.07, 6.45) is 0. The summed E-state index contributed by atoms with van der Waals surface area (Å²) in [6.45, 7) is 5.28. The van der Waals surface area contributed by atoms with E-state index in [-0.39, 0.29) is 0 Å². The molecule has 0 spiro atoms. The number of nitrogens with zero attached hydrogens (tertiary/aromatic N) is 4. The van der Waals surface area contributed by atoms with Crippen LogP contribution in [0.4, 0.5) is 5.69 Å². The fourth-order valence-corrected chi connectivity index (χ4v) is 3.47. The molecule has 0 amide bonds. The van der Waals surface area contributed by atoms with Crippen LogP contribution in [0.5, 0.6) is 5.75 Å². The van der Waals surface area contributed by atoms with Crippen molar-refractivity contribution in [1.29, 1.82) is 0 Å². The van der Waals surface area contributed by atoms with E-state index in [0.29, 0.717) is 30.0 Å². The maximum atomic E-state index is 12.4. The van der Waals surface area contributed by atoms with Gasteiger partial charge in [-0.2, -0.15) is 4.98 Å². The predicted molar refractivity (Wildman–Crippen MR) is 108 cm³/mol. The Bertz CT molecular complexity index is 1290. The van der Waals surface area contributed by atoms with Gasteiger partial charge in [0.1, 0.15) is 5.75 Å². The first-order chi connectivity index (χ1) is 13.4. The van der Waals surface area contributed by atoms with Crippen LogP contribution in [0.25, 0.3) is 16.9 Å². The van der Waals surface area contributed by atoms with Crippen LogP contribution in [0.1, 0.15) is 11.4 Å². The SMILES string of the molecule is COc1ccc(NCCn2c(C)c(C)n3c4c(=O)[nH]c(=O)n(C)c4nc23)cc1. The Morgan fingerprint density at radius 3 is 2.54 bits per heavy atom. The minimum absolute atomic E-state index is 0.378. The van der Waals surface area contributed by atoms with E-state index >= 15 is 0 Å². The van der Waals surface area contributed by atoms with Crippen LogP contribution in [0, 0.1) is 13.8 Å². The number of aromatic amines is 1. The highest BCUT2D eigenvalue weighted by molar-refractivity contribution is 5.76. The normalized spacial score (nSPS) is 11.4. The molecule has 0 unspecified atom stereocenters. The van der Waals surface area contributed by atoms with E-state index in [9.17, 15) is 9.59 Å². The molecule has 0 saturated carbocycles. The molecule has 4 rings (SSSR count). The summed E-state index contributed by atoms with van der Waals surface area (Å²) >= 11 is 0. The first-order valence-corrected chi connectivity index (χ1v) is 8.97. The molecule has 9 heteroatoms. The Morgan fingerprint density at radius 1 is 1.14 bits per heavy atom. The number of benzene rings is 1. The number of methoxy groups -OCH3 is 1. The number of anilines is 1. The van der Waals surface area contributed by atoms with Crippen molar-refractivity contribution in [1.82, 2.24) is 23.5 Å². The van der Waals surface area contributed by atoms with Crippen molar-refractivity contribution < 1.29 is 4.74 Å². The number of ether oxygens (including phenoxy) is 1. The van der Waals surface area contributed by atoms with E-state index in [2.05, 4.69) is 19.9 Å². The van der Waals surface area contributed by atoms with Crippen LogP contribution < -0.4 is 21.3 Å². The molecule has 3 heterocycles. The number of imidazole rings is 2. The van der Waals surface area contributed by atoms with Gasteiger partial charge in [-0.3, -0.25) is 18.7 Å². The number of fused-ring (bicyclic) bond motifs is 3. The van der Waals surface area contributed by atoms with Crippen LogP contribution in [0.3, 0.4) is 0 Å². The Morgan fingerprint density at radius 2 is 1.86 bits per heavy atom. The molecule has 0 aliphatic heterocycles. The molecule has 146 valence electrons. The van der Waals surface area contributed by atoms with Crippen molar-refractivity contribution in [2.45, 2.75) is 20.4 Å². The van der Waals surface area contributed by atoms with Gasteiger partial charge in [0.25, 0.3) is 5.56 Å². The molecule has 0 atom stereocenters. The first-order valence-electron chi connectivity index (χ1n) is 8.97. The van der Waals surface area contributed by atoms with Gasteiger partial charge in [0, 0.05) is 37.2 Å². The lowest BCUT2D eigenvalue weighted by atomic mass is 10.3. The van der Waals surface area contributed by atoms with Gasteiger partial charge in [0.15, 0.2) is 11.2 Å². The van der Waals surface area contributed by atoms with E-state index in [1.54, 1.807) is 14.2 Å². The summed E-state index contributed by atoms with van der Waals surface area (Å²) in [5.74, 6) is 1.46. The summed E-state index contributed by atoms with van der Waals surface area (Å²) in [5.41, 5.74) is 2.80. The summed E-state index contributed by atoms with van der Waals surface area (Å²) in [5, 5.41) is 3.37. The number of nitrogens with one attached hydrogen (secondary N) is 2. The number of hydrogen-bond acceptors (Lipinski definition) is 5. The number of H-pyrrole nitrogens is 1. The van der Waals surface area contributed by atoms with Crippen molar-refractivity contribution in [3.63, 3.8) is 0 Å². The van der Waals surface area contributed by atoms with Crippen LogP contribution in [-0.4, -0.2) is 37.2 Å². The van der Waals surface area contributed by atoms with E-state index < -0.39 is 11.2 Å². The molecule has 2 N–H and O–H groups in total. The van der Waals surface area contributed by atoms with Crippen molar-refractivity contribution in [2.75, 3.05) is 19.0 Å². The Hall–Kier alpha value is -3.49. The Balaban J connectivity index is 1.70. The molecule has 28 heavy (non-hydrogen) atoms. The lowest BCUT2D eigenvalue weighted by molar-refractivity contribution is 0.415. The topological polar surface area (TPSA) is 98.4 Å². The van der Waals surface area contributed by atoms with Gasteiger partial charge in [0.2, 0.25) is 5.78 Å². The average molecular weight is 382 g/mol. The third kappa shape index (κ3) is 2.67. The average Bonchev–Trinajstić information content (AvgIpc) is 3.18. The van der Waals surface area contributed by atoms with Gasteiger partial charge in [-0.15, -0.1) is 0 Å². The van der Waals surface area contributed by atoms with E-state index in [0.717, 1.165) is 22.8 Å². The molecule has 0 aliphatic carbocycles. The highest BCUT2D eigenvalue weighted by atomic mass is 16.5. The lowest BCUT2D eigenvalue weighted by Gasteiger charge is -2.09. The predicted octanol–water partition coefficient (Wildman–Crippen LogP) is 1.41. The monoisotopic (exact) mass is 382 g/mol. The Labute approximate surface area is 160 Å². The minimum atomic E-state index is -0.472. The van der Waals surface area contributed by atoms with Gasteiger partial charge < -0.3 is 14.6 Å². The smallest absolute Gasteiger partial charge is 0.329 e. The van der Waals surface area contributed by atoms with Gasteiger partial charge in [0.05, 0.1) is 7.11 Å². The van der Waals surface area contributed by atoms with Crippen molar-refractivity contribution >= 4 is 22.6 Å². The standard InChI is InChI=1S/C19H22N6O3/c1-11-12(2)25-15-16(23(3)19(27)22-17(15)26)21-18(25)24(11)10-9-20-13-5-7-14(28-4)8-6-13/h5-8,20H,9-10H2,1-4H3,(H,22,26,27). The second-order valence-electron chi connectivity index (χ2n) is 6.72. The molecule has 0 bridgehead atoms. The molecule has 9 nitrogen and oxygen atoms in total. The van der Waals surface area contributed by atoms with Crippen LogP contribution in [0.2, 0.25) is 0 Å². The van der Waals surface area contributed by atoms with Crippen molar-refractivity contribution in [3.05, 3.63) is 56.5 Å². The van der Waals surface area contributed by atoms with Crippen molar-refractivity contribution in [3.8, 4) is 5.75 Å². The molecular formula is C19H22N6O3. The lowest BCUT2D eigenvalue weighted by Crippen LogP contribution is -2.28. The number of aromatic nitrogens is 5. The van der Waals surface area contributed by atoms with E-state index in [1.807, 2.05) is 42.5 Å². The molecular weight excluding hydrogens is 360 g/mol. The summed E-state index contributed by atoms with van der Waals surface area (Å²) in [6, 6.07) is 7.72. The summed E-state index contributed by atoms with van der Waals surface area (Å²) in [4.78, 5) is 31.2. The van der Waals surface area contributed by atoms with Crippen molar-refractivity contribution in [2.24, 2.45) is 7.05 Å². The van der Waals surface area contributed by atoms with Crippen LogP contribution in [0.15, 0.2) is 33.9 Å². The van der Waals surface area contributed by atoms with Gasteiger partial charge in [-0.25, -0.2) is 4.79 Å². The van der Waals surface area contributed by atoms with Gasteiger partial charge >= 0.3 is 5.69 Å². The highest BCUT2D eigenvalue weighted by Gasteiger charge is 2.20. The third-order valence-corrected chi connectivity index (χ3v) is 5.16. The van der Waals surface area contributed by atoms with Gasteiger partial charge in [-0.1, -0.05) is 0 Å². The second-order valence-corrected chi connectivity index (χ2v) is 6.72. The highest BCUT2D eigenvalue weighted by Crippen LogP contribution is 2.20. The summed E-state index contributed by atoms with van der Waals surface area (Å²) in [7, 11) is 3.24. The fourth-order valence-electron chi connectivity index (χ4n) is 3.47. The minimum Gasteiger partial charge on any atom is -0.497 e. The first kappa shape index (κ1) is 17.9. The molecule has 3 aromatic heterocycles.